The van der Waals surface area contributed by atoms with Gasteiger partial charge in [-0.3, -0.25) is 9.78 Å². The Morgan fingerprint density at radius 2 is 2.11 bits per heavy atom. The lowest BCUT2D eigenvalue weighted by Crippen LogP contribution is -2.35. The van der Waals surface area contributed by atoms with Gasteiger partial charge in [0.25, 0.3) is 5.91 Å². The van der Waals surface area contributed by atoms with Gasteiger partial charge in [-0.15, -0.1) is 0 Å². The van der Waals surface area contributed by atoms with Crippen LogP contribution in [0.2, 0.25) is 0 Å². The van der Waals surface area contributed by atoms with E-state index < -0.39 is 0 Å². The van der Waals surface area contributed by atoms with Gasteiger partial charge in [-0.25, -0.2) is 0 Å². The summed E-state index contributed by atoms with van der Waals surface area (Å²) in [6.07, 6.45) is 4.74. The zero-order valence-electron chi connectivity index (χ0n) is 10.4. The van der Waals surface area contributed by atoms with Gasteiger partial charge in [-0.1, -0.05) is 18.2 Å². The van der Waals surface area contributed by atoms with Crippen molar-refractivity contribution in [2.45, 2.75) is 12.8 Å². The van der Waals surface area contributed by atoms with Gasteiger partial charge in [0.2, 0.25) is 0 Å². The monoisotopic (exact) mass is 254 g/mol. The van der Waals surface area contributed by atoms with Crippen LogP contribution >= 0.6 is 0 Å². The minimum Gasteiger partial charge on any atom is -0.505 e. The molecule has 1 aliphatic heterocycles. The van der Waals surface area contributed by atoms with E-state index in [-0.39, 0.29) is 11.7 Å². The van der Waals surface area contributed by atoms with Crippen LogP contribution in [0.1, 0.15) is 22.3 Å². The van der Waals surface area contributed by atoms with Crippen molar-refractivity contribution >= 4 is 11.6 Å². The summed E-state index contributed by atoms with van der Waals surface area (Å²) in [7, 11) is 0. The maximum Gasteiger partial charge on any atom is 0.262 e. The van der Waals surface area contributed by atoms with Crippen LogP contribution in [0.5, 0.6) is 5.75 Å². The summed E-state index contributed by atoms with van der Waals surface area (Å²) < 4.78 is 0. The number of fused-ring (bicyclic) bond motifs is 1. The molecule has 0 bridgehead atoms. The van der Waals surface area contributed by atoms with Crippen LogP contribution in [-0.2, 0) is 6.42 Å². The Hall–Kier alpha value is -2.36. The number of benzene rings is 1. The molecule has 19 heavy (non-hydrogen) atoms. The van der Waals surface area contributed by atoms with Gasteiger partial charge >= 0.3 is 0 Å². The van der Waals surface area contributed by atoms with Crippen molar-refractivity contribution in [3.05, 3.63) is 53.9 Å². The van der Waals surface area contributed by atoms with Crippen molar-refractivity contribution in [1.82, 2.24) is 4.98 Å². The number of aromatic nitrogens is 1. The summed E-state index contributed by atoms with van der Waals surface area (Å²) in [5.74, 6) is -0.248. The van der Waals surface area contributed by atoms with E-state index in [1.807, 2.05) is 24.3 Å². The molecule has 1 aliphatic rings. The van der Waals surface area contributed by atoms with Crippen LogP contribution in [-0.4, -0.2) is 22.5 Å². The van der Waals surface area contributed by atoms with E-state index >= 15 is 0 Å². The number of hydrogen-bond donors (Lipinski definition) is 1. The predicted molar refractivity (Wildman–Crippen MR) is 72.3 cm³/mol. The molecular weight excluding hydrogens is 240 g/mol. The third kappa shape index (κ3) is 2.05. The molecule has 4 heteroatoms. The molecule has 0 unspecified atom stereocenters. The molecule has 4 nitrogen and oxygen atoms in total. The van der Waals surface area contributed by atoms with E-state index in [4.69, 9.17) is 0 Å². The van der Waals surface area contributed by atoms with E-state index in [2.05, 4.69) is 4.98 Å². The third-order valence-electron chi connectivity index (χ3n) is 3.39. The molecule has 2 aromatic rings. The lowest BCUT2D eigenvalue weighted by molar-refractivity contribution is 0.0982. The Morgan fingerprint density at radius 3 is 2.95 bits per heavy atom. The fourth-order valence-corrected chi connectivity index (χ4v) is 2.46. The average molecular weight is 254 g/mol. The number of nitrogens with zero attached hydrogens (tertiary/aromatic N) is 2. The molecule has 0 atom stereocenters. The minimum absolute atomic E-state index is 0.0736. The van der Waals surface area contributed by atoms with Gasteiger partial charge in [0, 0.05) is 18.4 Å². The van der Waals surface area contributed by atoms with E-state index in [1.54, 1.807) is 11.0 Å². The lowest BCUT2D eigenvalue weighted by Gasteiger charge is -2.29. The minimum atomic E-state index is -0.174. The highest BCUT2D eigenvalue weighted by Crippen LogP contribution is 2.29. The summed E-state index contributed by atoms with van der Waals surface area (Å²) in [4.78, 5) is 18.0. The molecule has 96 valence electrons. The number of pyridine rings is 1. The molecule has 1 aromatic carbocycles. The summed E-state index contributed by atoms with van der Waals surface area (Å²) in [5.41, 5.74) is 2.41. The molecule has 0 radical (unpaired) electrons. The smallest absolute Gasteiger partial charge is 0.262 e. The molecule has 3 rings (SSSR count). The number of aryl methyl sites for hydroxylation is 1. The number of amides is 1. The Labute approximate surface area is 111 Å². The number of rotatable bonds is 1. The second-order valence-corrected chi connectivity index (χ2v) is 4.58. The summed E-state index contributed by atoms with van der Waals surface area (Å²) >= 11 is 0. The highest BCUT2D eigenvalue weighted by atomic mass is 16.3. The Bertz CT molecular complexity index is 625. The first-order valence-corrected chi connectivity index (χ1v) is 6.30. The number of carbonyl (C=O) groups is 1. The fraction of sp³-hybridized carbons (Fsp3) is 0.200. The molecule has 1 N–H and O–H groups in total. The van der Waals surface area contributed by atoms with Gasteiger partial charge in [0.05, 0.1) is 11.8 Å². The second kappa shape index (κ2) is 4.72. The van der Waals surface area contributed by atoms with Crippen LogP contribution in [0.25, 0.3) is 0 Å². The quantitative estimate of drug-likeness (QED) is 0.850. The molecule has 0 spiro atoms. The van der Waals surface area contributed by atoms with Crippen molar-refractivity contribution < 1.29 is 9.90 Å². The maximum absolute atomic E-state index is 12.5. The number of para-hydroxylation sites is 1. The van der Waals surface area contributed by atoms with Crippen molar-refractivity contribution in [2.24, 2.45) is 0 Å². The summed E-state index contributed by atoms with van der Waals surface area (Å²) in [6, 6.07) is 9.45. The number of hydrogen-bond acceptors (Lipinski definition) is 3. The highest BCUT2D eigenvalue weighted by molar-refractivity contribution is 6.08. The number of aromatic hydroxyl groups is 1. The van der Waals surface area contributed by atoms with E-state index in [1.165, 1.54) is 18.0 Å². The largest absolute Gasteiger partial charge is 0.505 e. The number of carbonyl (C=O) groups excluding carboxylic acids is 1. The topological polar surface area (TPSA) is 53.4 Å². The third-order valence-corrected chi connectivity index (χ3v) is 3.39. The first kappa shape index (κ1) is 11.7. The van der Waals surface area contributed by atoms with Crippen LogP contribution in [0.3, 0.4) is 0 Å². The van der Waals surface area contributed by atoms with E-state index in [0.29, 0.717) is 12.1 Å². The summed E-state index contributed by atoms with van der Waals surface area (Å²) in [5, 5.41) is 9.75. The molecule has 0 saturated carbocycles. The zero-order valence-corrected chi connectivity index (χ0v) is 10.4. The molecule has 1 aromatic heterocycles. The number of anilines is 1. The van der Waals surface area contributed by atoms with Crippen LogP contribution in [0.15, 0.2) is 42.7 Å². The van der Waals surface area contributed by atoms with Crippen molar-refractivity contribution in [3.63, 3.8) is 0 Å². The van der Waals surface area contributed by atoms with Crippen molar-refractivity contribution in [1.29, 1.82) is 0 Å². The molecule has 1 amide bonds. The Balaban J connectivity index is 2.00. The fourth-order valence-electron chi connectivity index (χ4n) is 2.46. The van der Waals surface area contributed by atoms with Crippen molar-refractivity contribution in [2.75, 3.05) is 11.4 Å². The van der Waals surface area contributed by atoms with Crippen LogP contribution < -0.4 is 4.90 Å². The molecular formula is C15H14N2O2. The Morgan fingerprint density at radius 1 is 1.26 bits per heavy atom. The lowest BCUT2D eigenvalue weighted by atomic mass is 10.0. The second-order valence-electron chi connectivity index (χ2n) is 4.58. The van der Waals surface area contributed by atoms with Gasteiger partial charge in [-0.2, -0.15) is 0 Å². The van der Waals surface area contributed by atoms with Crippen LogP contribution in [0.4, 0.5) is 5.69 Å². The zero-order chi connectivity index (χ0) is 13.2. The first-order chi connectivity index (χ1) is 9.27. The van der Waals surface area contributed by atoms with Gasteiger partial charge < -0.3 is 10.0 Å². The maximum atomic E-state index is 12.5. The molecule has 2 heterocycles. The first-order valence-electron chi connectivity index (χ1n) is 6.30. The van der Waals surface area contributed by atoms with Gasteiger partial charge in [-0.05, 0) is 30.5 Å². The molecule has 0 fully saturated rings. The predicted octanol–water partition coefficient (Wildman–Crippen LogP) is 2.38. The standard InChI is InChI=1S/C15H14N2O2/c18-14-10-16-8-7-12(14)15(19)17-9-3-5-11-4-1-2-6-13(11)17/h1-2,4,6-8,10,18H,3,5,9H2. The SMILES string of the molecule is O=C(c1ccncc1O)N1CCCc2ccccc21. The average Bonchev–Trinajstić information content (AvgIpc) is 2.46. The van der Waals surface area contributed by atoms with Crippen LogP contribution in [0, 0.1) is 0 Å². The van der Waals surface area contributed by atoms with Gasteiger partial charge in [0.15, 0.2) is 0 Å². The van der Waals surface area contributed by atoms with Crippen molar-refractivity contribution in [3.8, 4) is 5.75 Å². The normalized spacial score (nSPS) is 14.0. The van der Waals surface area contributed by atoms with E-state index in [0.717, 1.165) is 18.5 Å². The van der Waals surface area contributed by atoms with Gasteiger partial charge in [0.1, 0.15) is 5.75 Å². The Kier molecular flexibility index (Phi) is 2.91. The highest BCUT2D eigenvalue weighted by Gasteiger charge is 2.24. The summed E-state index contributed by atoms with van der Waals surface area (Å²) in [6.45, 7) is 0.678. The molecule has 0 saturated heterocycles. The van der Waals surface area contributed by atoms with E-state index in [9.17, 15) is 9.90 Å². The molecule has 0 aliphatic carbocycles.